The van der Waals surface area contributed by atoms with Gasteiger partial charge in [0.15, 0.2) is 5.11 Å². The number of nitrogens with zero attached hydrogens (tertiary/aromatic N) is 4. The fraction of sp³-hybridized carbons (Fsp3) is 0.762. The van der Waals surface area contributed by atoms with Gasteiger partial charge in [-0.25, -0.2) is 0 Å². The van der Waals surface area contributed by atoms with Gasteiger partial charge in [-0.1, -0.05) is 19.8 Å². The van der Waals surface area contributed by atoms with Gasteiger partial charge in [0.2, 0.25) is 5.95 Å². The van der Waals surface area contributed by atoms with Gasteiger partial charge >= 0.3 is 0 Å². The van der Waals surface area contributed by atoms with Gasteiger partial charge in [0.1, 0.15) is 11.6 Å². The largest absolute Gasteiger partial charge is 0.385 e. The van der Waals surface area contributed by atoms with Gasteiger partial charge in [-0.05, 0) is 50.2 Å². The van der Waals surface area contributed by atoms with Crippen LogP contribution in [-0.4, -0.2) is 61.5 Å². The number of methoxy groups -OCH3 is 1. The van der Waals surface area contributed by atoms with Crippen LogP contribution >= 0.6 is 12.2 Å². The number of aromatic nitrogens is 2. The maximum absolute atomic E-state index is 5.45. The van der Waals surface area contributed by atoms with Crippen LogP contribution in [0.5, 0.6) is 0 Å². The molecular weight excluding hydrogens is 384 g/mol. The molecule has 162 valence electrons. The van der Waals surface area contributed by atoms with Crippen molar-refractivity contribution in [3.05, 3.63) is 6.07 Å². The minimum absolute atomic E-state index is 0.562. The maximum atomic E-state index is 5.45. The lowest BCUT2D eigenvalue weighted by atomic mass is 9.99. The van der Waals surface area contributed by atoms with E-state index in [9.17, 15) is 0 Å². The number of anilines is 3. The Labute approximate surface area is 180 Å². The van der Waals surface area contributed by atoms with E-state index in [-0.39, 0.29) is 0 Å². The molecule has 0 spiro atoms. The highest BCUT2D eigenvalue weighted by Gasteiger charge is 2.20. The standard InChI is InChI=1S/C21H36N6OS/c1-17-8-13-27(14-9-17)19-16-18(26-11-5-3-4-6-12-26)23-20(24-19)25-21(29)22-10-7-15-28-2/h16-17H,3-15H2,1-2H3,(H2,22,23,24,25,29). The summed E-state index contributed by atoms with van der Waals surface area (Å²) in [7, 11) is 1.71. The smallest absolute Gasteiger partial charge is 0.232 e. The van der Waals surface area contributed by atoms with Crippen molar-refractivity contribution in [3.8, 4) is 0 Å². The molecule has 0 unspecified atom stereocenters. The van der Waals surface area contributed by atoms with E-state index in [1.54, 1.807) is 7.11 Å². The lowest BCUT2D eigenvalue weighted by Gasteiger charge is -2.32. The van der Waals surface area contributed by atoms with E-state index in [2.05, 4.69) is 33.4 Å². The Kier molecular flexibility index (Phi) is 8.73. The number of hydrogen-bond acceptors (Lipinski definition) is 6. The third-order valence-corrected chi connectivity index (χ3v) is 6.02. The van der Waals surface area contributed by atoms with Crippen LogP contribution < -0.4 is 20.4 Å². The van der Waals surface area contributed by atoms with E-state index < -0.39 is 0 Å². The second-order valence-corrected chi connectivity index (χ2v) is 8.61. The molecule has 1 aromatic heterocycles. The molecule has 0 aliphatic carbocycles. The Balaban J connectivity index is 1.73. The predicted octanol–water partition coefficient (Wildman–Crippen LogP) is 3.42. The molecule has 3 rings (SSSR count). The van der Waals surface area contributed by atoms with Crippen LogP contribution in [0.1, 0.15) is 51.9 Å². The first-order valence-electron chi connectivity index (χ1n) is 11.1. The fourth-order valence-corrected chi connectivity index (χ4v) is 4.10. The van der Waals surface area contributed by atoms with Crippen LogP contribution in [0.3, 0.4) is 0 Å². The highest BCUT2D eigenvalue weighted by atomic mass is 32.1. The second kappa shape index (κ2) is 11.5. The Morgan fingerprint density at radius 3 is 2.31 bits per heavy atom. The molecule has 2 saturated heterocycles. The van der Waals surface area contributed by atoms with E-state index in [0.717, 1.165) is 56.7 Å². The molecule has 2 aliphatic heterocycles. The summed E-state index contributed by atoms with van der Waals surface area (Å²) >= 11 is 5.45. The van der Waals surface area contributed by atoms with Gasteiger partial charge in [-0.15, -0.1) is 0 Å². The van der Waals surface area contributed by atoms with Gasteiger partial charge in [0.05, 0.1) is 0 Å². The third kappa shape index (κ3) is 6.96. The first-order valence-corrected chi connectivity index (χ1v) is 11.5. The molecule has 0 aromatic carbocycles. The van der Waals surface area contributed by atoms with Crippen molar-refractivity contribution in [1.29, 1.82) is 0 Å². The van der Waals surface area contributed by atoms with Gasteiger partial charge in [0, 0.05) is 52.5 Å². The lowest BCUT2D eigenvalue weighted by Crippen LogP contribution is -2.35. The summed E-state index contributed by atoms with van der Waals surface area (Å²) in [6.07, 6.45) is 8.39. The quantitative estimate of drug-likeness (QED) is 0.514. The zero-order valence-electron chi connectivity index (χ0n) is 18.0. The molecule has 0 saturated carbocycles. The van der Waals surface area contributed by atoms with Crippen LogP contribution in [0.25, 0.3) is 0 Å². The van der Waals surface area contributed by atoms with Gasteiger partial charge < -0.3 is 25.2 Å². The second-order valence-electron chi connectivity index (χ2n) is 8.21. The van der Waals surface area contributed by atoms with Crippen LogP contribution in [0, 0.1) is 5.92 Å². The number of piperidine rings is 1. The molecule has 3 heterocycles. The zero-order valence-corrected chi connectivity index (χ0v) is 18.8. The molecule has 2 N–H and O–H groups in total. The molecule has 8 heteroatoms. The molecule has 0 atom stereocenters. The Morgan fingerprint density at radius 1 is 1.07 bits per heavy atom. The van der Waals surface area contributed by atoms with Gasteiger partial charge in [0.25, 0.3) is 0 Å². The number of nitrogens with one attached hydrogen (secondary N) is 2. The Morgan fingerprint density at radius 2 is 1.69 bits per heavy atom. The zero-order chi connectivity index (χ0) is 20.5. The fourth-order valence-electron chi connectivity index (χ4n) is 3.90. The summed E-state index contributed by atoms with van der Waals surface area (Å²) in [5, 5.41) is 6.98. The van der Waals surface area contributed by atoms with Crippen molar-refractivity contribution in [3.63, 3.8) is 0 Å². The highest BCUT2D eigenvalue weighted by Crippen LogP contribution is 2.27. The van der Waals surface area contributed by atoms with Crippen molar-refractivity contribution in [2.45, 2.75) is 51.9 Å². The average molecular weight is 421 g/mol. The minimum atomic E-state index is 0.562. The van der Waals surface area contributed by atoms with Gasteiger partial charge in [-0.2, -0.15) is 9.97 Å². The summed E-state index contributed by atoms with van der Waals surface area (Å²) in [4.78, 5) is 14.4. The van der Waals surface area contributed by atoms with Crippen molar-refractivity contribution >= 4 is 34.9 Å². The number of hydrogen-bond donors (Lipinski definition) is 2. The average Bonchev–Trinajstić information content (AvgIpc) is 3.01. The SMILES string of the molecule is COCCCNC(=S)Nc1nc(N2CCCCCC2)cc(N2CCC(C)CC2)n1. The molecule has 7 nitrogen and oxygen atoms in total. The van der Waals surface area contributed by atoms with Crippen LogP contribution in [0.2, 0.25) is 0 Å². The summed E-state index contributed by atoms with van der Waals surface area (Å²) in [6, 6.07) is 2.17. The molecule has 0 radical (unpaired) electrons. The van der Waals surface area contributed by atoms with Gasteiger partial charge in [-0.3, -0.25) is 0 Å². The molecule has 0 amide bonds. The Bertz CT molecular complexity index is 642. The molecule has 2 aliphatic rings. The van der Waals surface area contributed by atoms with E-state index in [0.29, 0.717) is 17.7 Å². The minimum Gasteiger partial charge on any atom is -0.385 e. The molecular formula is C21H36N6OS. The van der Waals surface area contributed by atoms with Crippen molar-refractivity contribution in [2.24, 2.45) is 5.92 Å². The number of rotatable bonds is 7. The predicted molar refractivity (Wildman–Crippen MR) is 124 cm³/mol. The molecule has 0 bridgehead atoms. The maximum Gasteiger partial charge on any atom is 0.232 e. The van der Waals surface area contributed by atoms with E-state index in [4.69, 9.17) is 26.9 Å². The summed E-state index contributed by atoms with van der Waals surface area (Å²) < 4.78 is 5.09. The van der Waals surface area contributed by atoms with Crippen molar-refractivity contribution in [2.75, 3.05) is 61.6 Å². The molecule has 29 heavy (non-hydrogen) atoms. The first-order chi connectivity index (χ1) is 14.2. The summed E-state index contributed by atoms with van der Waals surface area (Å²) in [5.41, 5.74) is 0. The van der Waals surface area contributed by atoms with Crippen LogP contribution in [0.15, 0.2) is 6.07 Å². The number of thiocarbonyl (C=S) groups is 1. The van der Waals surface area contributed by atoms with E-state index in [1.165, 1.54) is 38.5 Å². The normalized spacial score (nSPS) is 18.4. The molecule has 2 fully saturated rings. The third-order valence-electron chi connectivity index (χ3n) is 5.77. The highest BCUT2D eigenvalue weighted by molar-refractivity contribution is 7.80. The van der Waals surface area contributed by atoms with Crippen LogP contribution in [0.4, 0.5) is 17.6 Å². The lowest BCUT2D eigenvalue weighted by molar-refractivity contribution is 0.196. The van der Waals surface area contributed by atoms with Crippen molar-refractivity contribution < 1.29 is 4.74 Å². The van der Waals surface area contributed by atoms with Crippen LogP contribution in [-0.2, 0) is 4.74 Å². The monoisotopic (exact) mass is 420 g/mol. The summed E-state index contributed by atoms with van der Waals surface area (Å²) in [5.74, 6) is 3.40. The Hall–Kier alpha value is -1.67. The summed E-state index contributed by atoms with van der Waals surface area (Å²) in [6.45, 7) is 8.05. The van der Waals surface area contributed by atoms with E-state index >= 15 is 0 Å². The van der Waals surface area contributed by atoms with Crippen molar-refractivity contribution in [1.82, 2.24) is 15.3 Å². The first kappa shape index (κ1) is 22.0. The van der Waals surface area contributed by atoms with E-state index in [1.807, 2.05) is 0 Å². The number of ether oxygens (including phenoxy) is 1. The topological polar surface area (TPSA) is 65.6 Å². The molecule has 1 aromatic rings.